The highest BCUT2D eigenvalue weighted by Gasteiger charge is 2.49. The van der Waals surface area contributed by atoms with E-state index in [9.17, 15) is 13.2 Å². The summed E-state index contributed by atoms with van der Waals surface area (Å²) in [5, 5.41) is 11.7. The Morgan fingerprint density at radius 2 is 1.68 bits per heavy atom. The lowest BCUT2D eigenvalue weighted by Gasteiger charge is -2.37. The molecule has 9 nitrogen and oxygen atoms in total. The van der Waals surface area contributed by atoms with E-state index >= 15 is 0 Å². The summed E-state index contributed by atoms with van der Waals surface area (Å²) in [6, 6.07) is 15.5. The van der Waals surface area contributed by atoms with E-state index < -0.39 is 27.5 Å². The van der Waals surface area contributed by atoms with Gasteiger partial charge in [0, 0.05) is 6.54 Å². The minimum Gasteiger partial charge on any atom is -0.497 e. The van der Waals surface area contributed by atoms with Gasteiger partial charge in [-0.3, -0.25) is 4.90 Å². The van der Waals surface area contributed by atoms with Crippen molar-refractivity contribution in [2.45, 2.75) is 12.1 Å². The largest absolute Gasteiger partial charge is 0.497 e. The third kappa shape index (κ3) is 4.90. The van der Waals surface area contributed by atoms with Crippen LogP contribution >= 0.6 is 0 Å². The maximum absolute atomic E-state index is 12.7. The highest BCUT2D eigenvalue weighted by atomic mass is 32.2. The summed E-state index contributed by atoms with van der Waals surface area (Å²) < 4.78 is 38.0. The van der Waals surface area contributed by atoms with Crippen LogP contribution in [0, 0.1) is 11.3 Å². The molecule has 1 aliphatic heterocycles. The molecule has 0 bridgehead atoms. The van der Waals surface area contributed by atoms with E-state index in [1.54, 1.807) is 37.4 Å². The summed E-state index contributed by atoms with van der Waals surface area (Å²) in [4.78, 5) is 14.2. The first-order valence-electron chi connectivity index (χ1n) is 9.55. The zero-order valence-corrected chi connectivity index (χ0v) is 18.1. The van der Waals surface area contributed by atoms with Gasteiger partial charge in [-0.1, -0.05) is 24.3 Å². The Kier molecular flexibility index (Phi) is 6.68. The molecule has 164 valence electrons. The molecule has 10 heteroatoms. The van der Waals surface area contributed by atoms with Crippen LogP contribution in [-0.2, 0) is 22.1 Å². The van der Waals surface area contributed by atoms with Gasteiger partial charge in [0.2, 0.25) is 10.0 Å². The van der Waals surface area contributed by atoms with Crippen LogP contribution < -0.4 is 19.5 Å². The molecule has 1 heterocycles. The number of methoxy groups -OCH3 is 2. The van der Waals surface area contributed by atoms with Crippen molar-refractivity contribution in [1.82, 2.24) is 14.9 Å². The zero-order valence-electron chi connectivity index (χ0n) is 17.3. The summed E-state index contributed by atoms with van der Waals surface area (Å²) in [7, 11) is -0.865. The first-order chi connectivity index (χ1) is 14.8. The molecule has 0 saturated carbocycles. The van der Waals surface area contributed by atoms with Gasteiger partial charge < -0.3 is 14.8 Å². The van der Waals surface area contributed by atoms with Crippen LogP contribution in [-0.4, -0.2) is 52.4 Å². The Bertz CT molecular complexity index is 1060. The van der Waals surface area contributed by atoms with E-state index in [1.165, 1.54) is 12.0 Å². The molecule has 31 heavy (non-hydrogen) atoms. The number of benzene rings is 2. The van der Waals surface area contributed by atoms with Crippen molar-refractivity contribution in [2.75, 3.05) is 33.1 Å². The number of nitrogens with one attached hydrogen (secondary N) is 2. The number of hydrogen-bond acceptors (Lipinski definition) is 6. The van der Waals surface area contributed by atoms with Gasteiger partial charge in [-0.2, -0.15) is 9.98 Å². The lowest BCUT2D eigenvalue weighted by molar-refractivity contribution is 0.147. The maximum Gasteiger partial charge on any atom is 0.319 e. The number of nitrogens with zero attached hydrogens (tertiary/aromatic N) is 2. The van der Waals surface area contributed by atoms with Gasteiger partial charge in [0.1, 0.15) is 11.5 Å². The monoisotopic (exact) mass is 444 g/mol. The Balaban J connectivity index is 1.95. The topological polar surface area (TPSA) is 121 Å². The minimum absolute atomic E-state index is 0.0193. The van der Waals surface area contributed by atoms with Crippen LogP contribution in [0.2, 0.25) is 0 Å². The minimum atomic E-state index is -3.98. The van der Waals surface area contributed by atoms with Gasteiger partial charge in [0.25, 0.3) is 0 Å². The number of rotatable bonds is 9. The number of amides is 2. The summed E-state index contributed by atoms with van der Waals surface area (Å²) in [5.41, 5.74) is 0.151. The summed E-state index contributed by atoms with van der Waals surface area (Å²) in [6.45, 7) is 0.269. The van der Waals surface area contributed by atoms with Gasteiger partial charge in [0.15, 0.2) is 11.4 Å². The van der Waals surface area contributed by atoms with Crippen molar-refractivity contribution in [1.29, 1.82) is 5.26 Å². The van der Waals surface area contributed by atoms with Crippen LogP contribution in [0.5, 0.6) is 11.5 Å². The molecule has 2 aromatic carbocycles. The first kappa shape index (κ1) is 22.4. The number of hydrogen-bond donors (Lipinski definition) is 2. The average molecular weight is 445 g/mol. The number of carbonyl (C=O) groups excluding carboxylic acids is 1. The molecule has 0 radical (unpaired) electrons. The van der Waals surface area contributed by atoms with Crippen molar-refractivity contribution in [3.8, 4) is 17.6 Å². The molecule has 2 aromatic rings. The molecule has 2 amide bonds. The first-order valence-corrected chi connectivity index (χ1v) is 11.2. The van der Waals surface area contributed by atoms with Crippen molar-refractivity contribution in [3.05, 3.63) is 59.7 Å². The van der Waals surface area contributed by atoms with E-state index in [1.807, 2.05) is 24.3 Å². The third-order valence-corrected chi connectivity index (χ3v) is 6.29. The van der Waals surface area contributed by atoms with E-state index in [2.05, 4.69) is 10.0 Å². The zero-order chi connectivity index (χ0) is 22.5. The van der Waals surface area contributed by atoms with Crippen molar-refractivity contribution >= 4 is 16.1 Å². The second kappa shape index (κ2) is 9.24. The van der Waals surface area contributed by atoms with Gasteiger partial charge in [-0.15, -0.1) is 0 Å². The summed E-state index contributed by atoms with van der Waals surface area (Å²) >= 11 is 0. The molecule has 1 unspecified atom stereocenters. The predicted octanol–water partition coefficient (Wildman–Crippen LogP) is 1.57. The quantitative estimate of drug-likeness (QED) is 0.606. The molecule has 1 saturated heterocycles. The molecule has 1 atom stereocenters. The van der Waals surface area contributed by atoms with Crippen molar-refractivity contribution < 1.29 is 22.7 Å². The second-order valence-corrected chi connectivity index (χ2v) is 8.74. The molecule has 0 aliphatic carbocycles. The summed E-state index contributed by atoms with van der Waals surface area (Å²) in [6.07, 6.45) is 0.495. The maximum atomic E-state index is 12.7. The van der Waals surface area contributed by atoms with E-state index in [0.717, 1.165) is 11.3 Å². The second-order valence-electron chi connectivity index (χ2n) is 7.02. The Hall–Kier alpha value is -3.29. The number of urea groups is 1. The highest BCUT2D eigenvalue weighted by Crippen LogP contribution is 2.32. The van der Waals surface area contributed by atoms with Gasteiger partial charge in [-0.25, -0.2) is 13.2 Å². The number of nitriles is 1. The number of carbonyl (C=O) groups is 1. The average Bonchev–Trinajstić information content (AvgIpc) is 3.08. The fourth-order valence-corrected chi connectivity index (χ4v) is 4.60. The molecule has 0 spiro atoms. The third-order valence-electron chi connectivity index (χ3n) is 5.13. The van der Waals surface area contributed by atoms with E-state index in [4.69, 9.17) is 14.7 Å². The fraction of sp³-hybridized carbons (Fsp3) is 0.333. The lowest BCUT2D eigenvalue weighted by Crippen LogP contribution is -2.58. The Labute approximate surface area is 181 Å². The molecule has 1 aliphatic rings. The molecule has 1 fully saturated rings. The smallest absolute Gasteiger partial charge is 0.319 e. The highest BCUT2D eigenvalue weighted by molar-refractivity contribution is 7.89. The molecule has 0 aromatic heterocycles. The molecule has 2 N–H and O–H groups in total. The number of sulfonamides is 1. The van der Waals surface area contributed by atoms with Crippen LogP contribution in [0.3, 0.4) is 0 Å². The number of ether oxygens (including phenoxy) is 2. The van der Waals surface area contributed by atoms with Gasteiger partial charge in [-0.05, 0) is 41.8 Å². The molecular formula is C21H24N4O5S. The fourth-order valence-electron chi connectivity index (χ4n) is 3.55. The van der Waals surface area contributed by atoms with Crippen molar-refractivity contribution in [2.24, 2.45) is 0 Å². The Morgan fingerprint density at radius 1 is 1.10 bits per heavy atom. The standard InChI is InChI=1S/C21H24N4O5S/c1-29-18-7-3-16(4-8-18)11-13-25-20(26)23-15-21(25,24-31(27,28)14-12-22)17-5-9-19(30-2)10-6-17/h3-10,24H,11,13-15H2,1-2H3,(H,23,26). The SMILES string of the molecule is COc1ccc(CCN2C(=O)NCC2(NS(=O)(=O)CC#N)c2ccc(OC)cc2)cc1. The van der Waals surface area contributed by atoms with Gasteiger partial charge in [0.05, 0.1) is 26.8 Å². The predicted molar refractivity (Wildman–Crippen MR) is 114 cm³/mol. The molecular weight excluding hydrogens is 420 g/mol. The summed E-state index contributed by atoms with van der Waals surface area (Å²) in [5.74, 6) is 0.603. The van der Waals surface area contributed by atoms with E-state index in [-0.39, 0.29) is 13.1 Å². The van der Waals surface area contributed by atoms with Crippen LogP contribution in [0.4, 0.5) is 4.79 Å². The van der Waals surface area contributed by atoms with Crippen molar-refractivity contribution in [3.63, 3.8) is 0 Å². The van der Waals surface area contributed by atoms with Crippen LogP contribution in [0.15, 0.2) is 48.5 Å². The van der Waals surface area contributed by atoms with E-state index in [0.29, 0.717) is 17.7 Å². The Morgan fingerprint density at radius 3 is 2.23 bits per heavy atom. The lowest BCUT2D eigenvalue weighted by atomic mass is 9.99. The van der Waals surface area contributed by atoms with Crippen LogP contribution in [0.25, 0.3) is 0 Å². The van der Waals surface area contributed by atoms with Gasteiger partial charge >= 0.3 is 6.03 Å². The molecule has 3 rings (SSSR count). The normalized spacial score (nSPS) is 18.4. The van der Waals surface area contributed by atoms with Crippen LogP contribution in [0.1, 0.15) is 11.1 Å².